The van der Waals surface area contributed by atoms with Gasteiger partial charge < -0.3 is 10.6 Å². The second-order valence-corrected chi connectivity index (χ2v) is 3.47. The van der Waals surface area contributed by atoms with Crippen LogP contribution in [0.25, 0.3) is 0 Å². The van der Waals surface area contributed by atoms with Crippen molar-refractivity contribution in [2.24, 2.45) is 0 Å². The first-order valence-electron chi connectivity index (χ1n) is 5.44. The molecule has 0 saturated carbocycles. The third kappa shape index (κ3) is 4.63. The molecule has 92 valence electrons. The Morgan fingerprint density at radius 3 is 2.59 bits per heavy atom. The molecule has 0 radical (unpaired) electrons. The number of hydrogen-bond acceptors (Lipinski definition) is 2. The molecule has 0 aliphatic carbocycles. The van der Waals surface area contributed by atoms with Crippen LogP contribution in [-0.4, -0.2) is 24.9 Å². The van der Waals surface area contributed by atoms with Crippen LogP contribution in [0, 0.1) is 5.82 Å². The van der Waals surface area contributed by atoms with Gasteiger partial charge in [0.25, 0.3) is 5.91 Å². The van der Waals surface area contributed by atoms with E-state index in [9.17, 15) is 14.0 Å². The number of hydrogen-bond donors (Lipinski definition) is 2. The molecule has 17 heavy (non-hydrogen) atoms. The van der Waals surface area contributed by atoms with Crippen LogP contribution in [0.3, 0.4) is 0 Å². The lowest BCUT2D eigenvalue weighted by Gasteiger charge is -2.06. The second-order valence-electron chi connectivity index (χ2n) is 3.47. The average molecular weight is 238 g/mol. The van der Waals surface area contributed by atoms with Crippen LogP contribution in [-0.2, 0) is 4.79 Å². The highest BCUT2D eigenvalue weighted by Crippen LogP contribution is 2.02. The lowest BCUT2D eigenvalue weighted by molar-refractivity contribution is -0.120. The minimum atomic E-state index is -0.447. The van der Waals surface area contributed by atoms with Gasteiger partial charge in [-0.15, -0.1) is 0 Å². The molecular weight excluding hydrogens is 223 g/mol. The van der Waals surface area contributed by atoms with Crippen LogP contribution >= 0.6 is 0 Å². The number of rotatable bonds is 5. The highest BCUT2D eigenvalue weighted by molar-refractivity contribution is 5.94. The van der Waals surface area contributed by atoms with Gasteiger partial charge in [-0.1, -0.05) is 13.0 Å². The van der Waals surface area contributed by atoms with Crippen LogP contribution < -0.4 is 10.6 Å². The minimum absolute atomic E-state index is 0.0648. The molecule has 0 atom stereocenters. The third-order valence-corrected chi connectivity index (χ3v) is 2.14. The third-order valence-electron chi connectivity index (χ3n) is 2.14. The molecule has 0 aromatic heterocycles. The molecule has 1 aromatic rings. The summed E-state index contributed by atoms with van der Waals surface area (Å²) in [4.78, 5) is 22.4. The molecule has 4 nitrogen and oxygen atoms in total. The summed E-state index contributed by atoms with van der Waals surface area (Å²) in [5.74, 6) is -0.864. The summed E-state index contributed by atoms with van der Waals surface area (Å²) in [6.07, 6.45) is 0.415. The number of carbonyl (C=O) groups excluding carboxylic acids is 2. The maximum atomic E-state index is 12.8. The van der Waals surface area contributed by atoms with Crippen molar-refractivity contribution < 1.29 is 14.0 Å². The monoisotopic (exact) mass is 238 g/mol. The molecule has 0 unspecified atom stereocenters. The summed E-state index contributed by atoms with van der Waals surface area (Å²) in [6.45, 7) is 2.44. The fourth-order valence-corrected chi connectivity index (χ4v) is 1.23. The van der Waals surface area contributed by atoms with Crippen molar-refractivity contribution in [3.63, 3.8) is 0 Å². The van der Waals surface area contributed by atoms with Crippen molar-refractivity contribution in [2.75, 3.05) is 13.1 Å². The number of nitrogens with one attached hydrogen (secondary N) is 2. The highest BCUT2D eigenvalue weighted by atomic mass is 19.1. The van der Waals surface area contributed by atoms with E-state index in [4.69, 9.17) is 0 Å². The van der Waals surface area contributed by atoms with Crippen LogP contribution in [0.4, 0.5) is 4.39 Å². The number of carbonyl (C=O) groups is 2. The predicted octanol–water partition coefficient (Wildman–Crippen LogP) is 1.08. The summed E-state index contributed by atoms with van der Waals surface area (Å²) >= 11 is 0. The Morgan fingerprint density at radius 1 is 1.24 bits per heavy atom. The van der Waals surface area contributed by atoms with Crippen molar-refractivity contribution in [3.05, 3.63) is 35.6 Å². The van der Waals surface area contributed by atoms with E-state index in [2.05, 4.69) is 10.6 Å². The van der Waals surface area contributed by atoms with Gasteiger partial charge in [-0.25, -0.2) is 4.39 Å². The van der Waals surface area contributed by atoms with Crippen LogP contribution in [0.5, 0.6) is 0 Å². The molecule has 0 bridgehead atoms. The number of halogens is 1. The summed E-state index contributed by atoms with van der Waals surface area (Å²) in [5, 5.41) is 5.21. The zero-order valence-corrected chi connectivity index (χ0v) is 9.63. The largest absolute Gasteiger partial charge is 0.354 e. The van der Waals surface area contributed by atoms with E-state index in [1.54, 1.807) is 6.92 Å². The minimum Gasteiger partial charge on any atom is -0.354 e. The summed E-state index contributed by atoms with van der Waals surface area (Å²) in [5.41, 5.74) is 0.270. The molecule has 0 spiro atoms. The van der Waals surface area contributed by atoms with E-state index in [-0.39, 0.29) is 17.4 Å². The van der Waals surface area contributed by atoms with E-state index in [0.717, 1.165) is 0 Å². The lowest BCUT2D eigenvalue weighted by atomic mass is 10.2. The quantitative estimate of drug-likeness (QED) is 0.754. The van der Waals surface area contributed by atoms with Crippen molar-refractivity contribution in [1.82, 2.24) is 10.6 Å². The predicted molar refractivity (Wildman–Crippen MR) is 62.0 cm³/mol. The van der Waals surface area contributed by atoms with E-state index < -0.39 is 5.82 Å². The Hall–Kier alpha value is -1.91. The van der Waals surface area contributed by atoms with E-state index in [1.165, 1.54) is 24.3 Å². The average Bonchev–Trinajstić information content (AvgIpc) is 2.34. The summed E-state index contributed by atoms with van der Waals surface area (Å²) < 4.78 is 12.8. The smallest absolute Gasteiger partial charge is 0.251 e. The maximum absolute atomic E-state index is 12.8. The van der Waals surface area contributed by atoms with E-state index in [1.807, 2.05) is 0 Å². The Labute approximate surface area is 99.2 Å². The lowest BCUT2D eigenvalue weighted by Crippen LogP contribution is -2.34. The molecule has 1 aromatic carbocycles. The van der Waals surface area contributed by atoms with Gasteiger partial charge in [-0.05, 0) is 18.2 Å². The van der Waals surface area contributed by atoms with Gasteiger partial charge in [0.2, 0.25) is 5.91 Å². The molecule has 2 amide bonds. The number of amides is 2. The molecule has 0 fully saturated rings. The zero-order valence-electron chi connectivity index (χ0n) is 9.63. The van der Waals surface area contributed by atoms with Crippen molar-refractivity contribution in [2.45, 2.75) is 13.3 Å². The summed E-state index contributed by atoms with van der Waals surface area (Å²) in [7, 11) is 0. The van der Waals surface area contributed by atoms with Gasteiger partial charge in [0, 0.05) is 25.1 Å². The van der Waals surface area contributed by atoms with Crippen molar-refractivity contribution >= 4 is 11.8 Å². The maximum Gasteiger partial charge on any atom is 0.251 e. The Kier molecular flexibility index (Phi) is 5.13. The SMILES string of the molecule is CCC(=O)NCCNC(=O)c1cccc(F)c1. The zero-order chi connectivity index (χ0) is 12.7. The normalized spacial score (nSPS) is 9.76. The fourth-order valence-electron chi connectivity index (χ4n) is 1.23. The topological polar surface area (TPSA) is 58.2 Å². The van der Waals surface area contributed by atoms with Crippen LogP contribution in [0.2, 0.25) is 0 Å². The summed E-state index contributed by atoms with van der Waals surface area (Å²) in [6, 6.07) is 5.45. The Balaban J connectivity index is 2.33. The van der Waals surface area contributed by atoms with Gasteiger partial charge in [-0.2, -0.15) is 0 Å². The first-order valence-corrected chi connectivity index (χ1v) is 5.44. The van der Waals surface area contributed by atoms with Gasteiger partial charge in [0.1, 0.15) is 5.82 Å². The Bertz CT molecular complexity index is 407. The standard InChI is InChI=1S/C12H15FN2O2/c1-2-11(16)14-6-7-15-12(17)9-4-3-5-10(13)8-9/h3-5,8H,2,6-7H2,1H3,(H,14,16)(H,15,17). The van der Waals surface area contributed by atoms with Crippen molar-refractivity contribution in [1.29, 1.82) is 0 Å². The fraction of sp³-hybridized carbons (Fsp3) is 0.333. The van der Waals surface area contributed by atoms with E-state index >= 15 is 0 Å². The molecule has 0 aliphatic rings. The molecule has 5 heteroatoms. The van der Waals surface area contributed by atoms with Gasteiger partial charge in [-0.3, -0.25) is 9.59 Å². The molecule has 2 N–H and O–H groups in total. The van der Waals surface area contributed by atoms with Gasteiger partial charge >= 0.3 is 0 Å². The first kappa shape index (κ1) is 13.2. The molecule has 0 saturated heterocycles. The highest BCUT2D eigenvalue weighted by Gasteiger charge is 2.05. The van der Waals surface area contributed by atoms with Crippen LogP contribution in [0.15, 0.2) is 24.3 Å². The first-order chi connectivity index (χ1) is 8.13. The Morgan fingerprint density at radius 2 is 1.94 bits per heavy atom. The molecule has 0 heterocycles. The molecule has 0 aliphatic heterocycles. The number of benzene rings is 1. The molecule has 1 rings (SSSR count). The molecular formula is C12H15FN2O2. The van der Waals surface area contributed by atoms with E-state index in [0.29, 0.717) is 19.5 Å². The van der Waals surface area contributed by atoms with Crippen LogP contribution in [0.1, 0.15) is 23.7 Å². The van der Waals surface area contributed by atoms with Gasteiger partial charge in [0.15, 0.2) is 0 Å². The second kappa shape index (κ2) is 6.62. The van der Waals surface area contributed by atoms with Gasteiger partial charge in [0.05, 0.1) is 0 Å². The van der Waals surface area contributed by atoms with Crippen molar-refractivity contribution in [3.8, 4) is 0 Å².